The third kappa shape index (κ3) is 4.99. The van der Waals surface area contributed by atoms with Gasteiger partial charge in [-0.2, -0.15) is 5.48 Å². The lowest BCUT2D eigenvalue weighted by Crippen LogP contribution is -2.25. The van der Waals surface area contributed by atoms with Crippen molar-refractivity contribution in [2.24, 2.45) is 0 Å². The minimum absolute atomic E-state index is 0.0421. The van der Waals surface area contributed by atoms with E-state index in [9.17, 15) is 4.79 Å². The van der Waals surface area contributed by atoms with Crippen LogP contribution in [0.4, 0.5) is 4.79 Å². The molecule has 0 aromatic heterocycles. The second-order valence-corrected chi connectivity index (χ2v) is 2.74. The first-order chi connectivity index (χ1) is 7.33. The van der Waals surface area contributed by atoms with Gasteiger partial charge in [-0.15, -0.1) is 0 Å². The average molecular weight is 211 g/mol. The van der Waals surface area contributed by atoms with Crippen LogP contribution >= 0.6 is 0 Å². The number of hydroxylamine groups is 1. The van der Waals surface area contributed by atoms with E-state index in [4.69, 9.17) is 9.84 Å². The van der Waals surface area contributed by atoms with Crippen LogP contribution in [0.2, 0.25) is 0 Å². The number of hydrogen-bond acceptors (Lipinski definition) is 4. The summed E-state index contributed by atoms with van der Waals surface area (Å²) >= 11 is 0. The molecule has 5 nitrogen and oxygen atoms in total. The number of ether oxygens (including phenoxy) is 1. The van der Waals surface area contributed by atoms with Crippen molar-refractivity contribution in [2.45, 2.75) is 6.61 Å². The number of amides is 1. The fourth-order valence-corrected chi connectivity index (χ4v) is 0.908. The molecule has 0 radical (unpaired) electrons. The van der Waals surface area contributed by atoms with Crippen molar-refractivity contribution in [3.8, 4) is 0 Å². The molecule has 0 spiro atoms. The molecule has 0 aliphatic heterocycles. The fourth-order valence-electron chi connectivity index (χ4n) is 0.908. The Labute approximate surface area is 87.6 Å². The number of nitrogens with one attached hydrogen (secondary N) is 1. The van der Waals surface area contributed by atoms with Gasteiger partial charge in [-0.05, 0) is 5.56 Å². The lowest BCUT2D eigenvalue weighted by atomic mass is 10.2. The fraction of sp³-hybridized carbons (Fsp3) is 0.300. The Morgan fingerprint density at radius 3 is 2.73 bits per heavy atom. The first-order valence-corrected chi connectivity index (χ1v) is 4.52. The molecule has 0 saturated heterocycles. The number of carbonyl (C=O) groups is 1. The van der Waals surface area contributed by atoms with Crippen molar-refractivity contribution < 1.29 is 19.5 Å². The van der Waals surface area contributed by atoms with E-state index in [2.05, 4.69) is 4.84 Å². The van der Waals surface area contributed by atoms with E-state index in [1.165, 1.54) is 0 Å². The highest BCUT2D eigenvalue weighted by Gasteiger charge is 2.01. The second kappa shape index (κ2) is 6.80. The standard InChI is InChI=1S/C10H13NO4/c12-6-7-15-11-10(13)14-8-9-4-2-1-3-5-9/h1-5,12H,6-8H2,(H,11,13). The van der Waals surface area contributed by atoms with E-state index in [0.717, 1.165) is 5.56 Å². The molecule has 0 aliphatic rings. The molecule has 0 atom stereocenters. The van der Waals surface area contributed by atoms with E-state index in [0.29, 0.717) is 0 Å². The van der Waals surface area contributed by atoms with Gasteiger partial charge in [0.25, 0.3) is 0 Å². The molecule has 0 aliphatic carbocycles. The van der Waals surface area contributed by atoms with Gasteiger partial charge in [0.05, 0.1) is 13.2 Å². The monoisotopic (exact) mass is 211 g/mol. The molecule has 1 amide bonds. The van der Waals surface area contributed by atoms with Gasteiger partial charge in [0, 0.05) is 0 Å². The Hall–Kier alpha value is -1.59. The summed E-state index contributed by atoms with van der Waals surface area (Å²) in [4.78, 5) is 15.5. The topological polar surface area (TPSA) is 67.8 Å². The number of rotatable bonds is 5. The van der Waals surface area contributed by atoms with Gasteiger partial charge in [-0.25, -0.2) is 4.79 Å². The molecule has 0 heterocycles. The summed E-state index contributed by atoms with van der Waals surface area (Å²) in [5, 5.41) is 8.37. The quantitative estimate of drug-likeness (QED) is 0.559. The molecular weight excluding hydrogens is 198 g/mol. The molecule has 0 fully saturated rings. The second-order valence-electron chi connectivity index (χ2n) is 2.74. The van der Waals surface area contributed by atoms with Gasteiger partial charge >= 0.3 is 6.09 Å². The van der Waals surface area contributed by atoms with Crippen LogP contribution in [-0.4, -0.2) is 24.4 Å². The minimum atomic E-state index is -0.674. The van der Waals surface area contributed by atoms with Crippen molar-refractivity contribution in [1.29, 1.82) is 0 Å². The zero-order chi connectivity index (χ0) is 10.9. The maximum atomic E-state index is 11.0. The molecule has 0 bridgehead atoms. The van der Waals surface area contributed by atoms with E-state index in [1.807, 2.05) is 35.8 Å². The number of carbonyl (C=O) groups excluding carboxylic acids is 1. The minimum Gasteiger partial charge on any atom is -0.443 e. The lowest BCUT2D eigenvalue weighted by molar-refractivity contribution is 0.00954. The Bertz CT molecular complexity index is 289. The molecule has 15 heavy (non-hydrogen) atoms. The van der Waals surface area contributed by atoms with Crippen molar-refractivity contribution in [3.05, 3.63) is 35.9 Å². The van der Waals surface area contributed by atoms with Crippen LogP contribution in [-0.2, 0) is 16.2 Å². The molecule has 82 valence electrons. The largest absolute Gasteiger partial charge is 0.443 e. The zero-order valence-electron chi connectivity index (χ0n) is 8.18. The molecule has 1 aromatic rings. The SMILES string of the molecule is O=C(NOCCO)OCc1ccccc1. The highest BCUT2D eigenvalue weighted by molar-refractivity contribution is 5.65. The number of hydrogen-bond donors (Lipinski definition) is 2. The van der Waals surface area contributed by atoms with Crippen molar-refractivity contribution >= 4 is 6.09 Å². The smallest absolute Gasteiger partial charge is 0.431 e. The highest BCUT2D eigenvalue weighted by Crippen LogP contribution is 2.00. The van der Waals surface area contributed by atoms with Gasteiger partial charge in [-0.1, -0.05) is 30.3 Å². The number of benzene rings is 1. The van der Waals surface area contributed by atoms with Gasteiger partial charge < -0.3 is 9.84 Å². The predicted octanol–water partition coefficient (Wildman–Crippen LogP) is 0.837. The van der Waals surface area contributed by atoms with E-state index in [1.54, 1.807) is 0 Å². The van der Waals surface area contributed by atoms with Gasteiger partial charge in [0.1, 0.15) is 6.61 Å². The maximum Gasteiger partial charge on any atom is 0.431 e. The third-order valence-electron chi connectivity index (χ3n) is 1.56. The summed E-state index contributed by atoms with van der Waals surface area (Å²) in [5.74, 6) is 0. The zero-order valence-corrected chi connectivity index (χ0v) is 8.18. The average Bonchev–Trinajstić information content (AvgIpc) is 2.28. The first kappa shape index (κ1) is 11.5. The van der Waals surface area contributed by atoms with Gasteiger partial charge in [-0.3, -0.25) is 4.84 Å². The van der Waals surface area contributed by atoms with Crippen molar-refractivity contribution in [2.75, 3.05) is 13.2 Å². The summed E-state index contributed by atoms with van der Waals surface area (Å²) in [6.45, 7) is 0.0779. The summed E-state index contributed by atoms with van der Waals surface area (Å²) in [6.07, 6.45) is -0.674. The van der Waals surface area contributed by atoms with E-state index in [-0.39, 0.29) is 19.8 Å². The summed E-state index contributed by atoms with van der Waals surface area (Å²) in [5.41, 5.74) is 2.93. The van der Waals surface area contributed by atoms with Crippen LogP contribution < -0.4 is 5.48 Å². The normalized spacial score (nSPS) is 9.67. The van der Waals surface area contributed by atoms with Crippen LogP contribution in [0, 0.1) is 0 Å². The Kier molecular flexibility index (Phi) is 5.21. The Morgan fingerprint density at radius 1 is 1.33 bits per heavy atom. The van der Waals surface area contributed by atoms with Crippen molar-refractivity contribution in [3.63, 3.8) is 0 Å². The predicted molar refractivity (Wildman–Crippen MR) is 52.8 cm³/mol. The highest BCUT2D eigenvalue weighted by atomic mass is 16.7. The molecular formula is C10H13NO4. The molecule has 1 rings (SSSR count). The number of aliphatic hydroxyl groups excluding tert-OH is 1. The van der Waals surface area contributed by atoms with Crippen LogP contribution in [0.3, 0.4) is 0 Å². The van der Waals surface area contributed by atoms with Crippen LogP contribution in [0.25, 0.3) is 0 Å². The summed E-state index contributed by atoms with van der Waals surface area (Å²) in [7, 11) is 0. The third-order valence-corrected chi connectivity index (χ3v) is 1.56. The van der Waals surface area contributed by atoms with E-state index < -0.39 is 6.09 Å². The number of aliphatic hydroxyl groups is 1. The van der Waals surface area contributed by atoms with E-state index >= 15 is 0 Å². The lowest BCUT2D eigenvalue weighted by Gasteiger charge is -2.06. The Morgan fingerprint density at radius 2 is 2.07 bits per heavy atom. The van der Waals surface area contributed by atoms with Crippen LogP contribution in [0.1, 0.15) is 5.56 Å². The van der Waals surface area contributed by atoms with Crippen molar-refractivity contribution in [1.82, 2.24) is 5.48 Å². The van der Waals surface area contributed by atoms with Gasteiger partial charge in [0.2, 0.25) is 0 Å². The van der Waals surface area contributed by atoms with Crippen LogP contribution in [0.5, 0.6) is 0 Å². The molecule has 0 saturated carbocycles. The summed E-state index contributed by atoms with van der Waals surface area (Å²) in [6, 6.07) is 9.30. The Balaban J connectivity index is 2.17. The van der Waals surface area contributed by atoms with Crippen LogP contribution in [0.15, 0.2) is 30.3 Å². The molecule has 0 unspecified atom stereocenters. The van der Waals surface area contributed by atoms with Gasteiger partial charge in [0.15, 0.2) is 0 Å². The summed E-state index contributed by atoms with van der Waals surface area (Å²) < 4.78 is 4.82. The first-order valence-electron chi connectivity index (χ1n) is 4.52. The molecule has 2 N–H and O–H groups in total. The maximum absolute atomic E-state index is 11.0. The molecule has 5 heteroatoms. The molecule has 1 aromatic carbocycles.